The summed E-state index contributed by atoms with van der Waals surface area (Å²) < 4.78 is 26.3. The molecule has 4 atom stereocenters. The Morgan fingerprint density at radius 1 is 1.10 bits per heavy atom. The molecule has 0 radical (unpaired) electrons. The molecule has 1 aromatic carbocycles. The molecule has 3 rings (SSSR count). The standard InChI is InChI=1S/C29H46FN3O6/c1-21(2)12-18-39-26-19-33(28(36)22-9-3-4-10-23(22)30)16-15-32(29(37)24-11-5-6-13-31-24)14-7-8-17-38-20-25(34)27(26)35/h3-4,9-10,21,24-27,31,34-35H,5-8,11-20H2,1-2H3/t24-,25+,26+,27+/m0/s1. The van der Waals surface area contributed by atoms with Gasteiger partial charge in [-0.15, -0.1) is 0 Å². The number of carbonyl (C=O) groups excluding carboxylic acids is 2. The molecule has 39 heavy (non-hydrogen) atoms. The Labute approximate surface area is 231 Å². The van der Waals surface area contributed by atoms with E-state index in [-0.39, 0.29) is 43.8 Å². The van der Waals surface area contributed by atoms with Crippen LogP contribution in [0.25, 0.3) is 0 Å². The molecule has 0 spiro atoms. The van der Waals surface area contributed by atoms with Crippen LogP contribution in [0.5, 0.6) is 0 Å². The van der Waals surface area contributed by atoms with Crippen LogP contribution in [0.4, 0.5) is 4.39 Å². The van der Waals surface area contributed by atoms with Gasteiger partial charge in [-0.2, -0.15) is 0 Å². The summed E-state index contributed by atoms with van der Waals surface area (Å²) in [5.41, 5.74) is -0.0928. The number of aliphatic hydroxyl groups is 2. The summed E-state index contributed by atoms with van der Waals surface area (Å²) in [6.45, 7) is 6.36. The number of hydrogen-bond donors (Lipinski definition) is 3. The van der Waals surface area contributed by atoms with Gasteiger partial charge in [-0.1, -0.05) is 32.4 Å². The van der Waals surface area contributed by atoms with Gasteiger partial charge < -0.3 is 34.8 Å². The highest BCUT2D eigenvalue weighted by Crippen LogP contribution is 2.17. The highest BCUT2D eigenvalue weighted by atomic mass is 19.1. The van der Waals surface area contributed by atoms with Crippen LogP contribution >= 0.6 is 0 Å². The van der Waals surface area contributed by atoms with E-state index in [1.54, 1.807) is 11.0 Å². The minimum absolute atomic E-state index is 0.00111. The SMILES string of the molecule is CC(C)CCO[C@@H]1CN(C(=O)c2ccccc2F)CCN(C(=O)[C@@H]2CCCCN2)CCCCOC[C@@H](O)[C@H]1O. The van der Waals surface area contributed by atoms with Crippen molar-refractivity contribution in [3.05, 3.63) is 35.6 Å². The lowest BCUT2D eigenvalue weighted by Crippen LogP contribution is -2.53. The van der Waals surface area contributed by atoms with Crippen LogP contribution in [0.15, 0.2) is 24.3 Å². The number of ether oxygens (including phenoxy) is 2. The first kappa shape index (κ1) is 31.4. The number of aliphatic hydroxyl groups excluding tert-OH is 2. The molecular formula is C29H46FN3O6. The fraction of sp³-hybridized carbons (Fsp3) is 0.724. The second-order valence-electron chi connectivity index (χ2n) is 11.0. The van der Waals surface area contributed by atoms with E-state index in [1.807, 2.05) is 0 Å². The maximum absolute atomic E-state index is 14.7. The second kappa shape index (κ2) is 16.2. The first-order chi connectivity index (χ1) is 18.8. The fourth-order valence-corrected chi connectivity index (χ4v) is 4.93. The van der Waals surface area contributed by atoms with Gasteiger partial charge in [-0.05, 0) is 56.7 Å². The van der Waals surface area contributed by atoms with Crippen molar-refractivity contribution >= 4 is 11.8 Å². The van der Waals surface area contributed by atoms with Crippen molar-refractivity contribution in [2.45, 2.75) is 76.7 Å². The molecule has 2 fully saturated rings. The molecule has 0 unspecified atom stereocenters. The number of carbonyl (C=O) groups is 2. The highest BCUT2D eigenvalue weighted by molar-refractivity contribution is 5.94. The summed E-state index contributed by atoms with van der Waals surface area (Å²) in [7, 11) is 0. The molecule has 9 nitrogen and oxygen atoms in total. The highest BCUT2D eigenvalue weighted by Gasteiger charge is 2.33. The van der Waals surface area contributed by atoms with Gasteiger partial charge in [0.2, 0.25) is 5.91 Å². The third-order valence-electron chi connectivity index (χ3n) is 7.41. The molecule has 2 heterocycles. The average Bonchev–Trinajstić information content (AvgIpc) is 2.93. The monoisotopic (exact) mass is 551 g/mol. The van der Waals surface area contributed by atoms with Crippen LogP contribution in [0.1, 0.15) is 62.7 Å². The van der Waals surface area contributed by atoms with Crippen molar-refractivity contribution in [3.63, 3.8) is 0 Å². The van der Waals surface area contributed by atoms with E-state index in [4.69, 9.17) is 9.47 Å². The van der Waals surface area contributed by atoms with Crippen LogP contribution in [0, 0.1) is 11.7 Å². The van der Waals surface area contributed by atoms with Crippen molar-refractivity contribution in [1.82, 2.24) is 15.1 Å². The molecule has 0 bridgehead atoms. The third kappa shape index (κ3) is 9.79. The number of nitrogens with one attached hydrogen (secondary N) is 1. The Morgan fingerprint density at radius 2 is 1.87 bits per heavy atom. The largest absolute Gasteiger partial charge is 0.388 e. The lowest BCUT2D eigenvalue weighted by atomic mass is 10.0. The van der Waals surface area contributed by atoms with E-state index >= 15 is 0 Å². The minimum atomic E-state index is -1.32. The average molecular weight is 552 g/mol. The van der Waals surface area contributed by atoms with Crippen LogP contribution in [0.3, 0.4) is 0 Å². The van der Waals surface area contributed by atoms with E-state index in [0.29, 0.717) is 38.5 Å². The number of benzene rings is 1. The summed E-state index contributed by atoms with van der Waals surface area (Å²) in [6.07, 6.45) is 1.44. The lowest BCUT2D eigenvalue weighted by Gasteiger charge is -2.35. The normalized spacial score (nSPS) is 26.3. The van der Waals surface area contributed by atoms with Gasteiger partial charge in [-0.25, -0.2) is 4.39 Å². The second-order valence-corrected chi connectivity index (χ2v) is 11.0. The predicted molar refractivity (Wildman–Crippen MR) is 146 cm³/mol. The first-order valence-corrected chi connectivity index (χ1v) is 14.4. The zero-order chi connectivity index (χ0) is 28.2. The van der Waals surface area contributed by atoms with Crippen molar-refractivity contribution in [2.75, 3.05) is 52.5 Å². The van der Waals surface area contributed by atoms with Gasteiger partial charge in [0.1, 0.15) is 24.1 Å². The van der Waals surface area contributed by atoms with Crippen molar-refractivity contribution in [2.24, 2.45) is 5.92 Å². The van der Waals surface area contributed by atoms with Crippen molar-refractivity contribution in [3.8, 4) is 0 Å². The molecule has 2 aliphatic rings. The van der Waals surface area contributed by atoms with Crippen LogP contribution in [-0.4, -0.2) is 109 Å². The number of piperidine rings is 1. The molecule has 2 aliphatic heterocycles. The number of amides is 2. The predicted octanol–water partition coefficient (Wildman–Crippen LogP) is 2.20. The molecular weight excluding hydrogens is 505 g/mol. The van der Waals surface area contributed by atoms with Crippen LogP contribution < -0.4 is 5.32 Å². The van der Waals surface area contributed by atoms with Gasteiger partial charge in [0, 0.05) is 39.4 Å². The van der Waals surface area contributed by atoms with E-state index in [0.717, 1.165) is 32.2 Å². The Bertz CT molecular complexity index is 898. The minimum Gasteiger partial charge on any atom is -0.388 e. The molecule has 220 valence electrons. The maximum atomic E-state index is 14.7. The van der Waals surface area contributed by atoms with E-state index in [9.17, 15) is 24.2 Å². The maximum Gasteiger partial charge on any atom is 0.256 e. The Kier molecular flexibility index (Phi) is 13.1. The van der Waals surface area contributed by atoms with E-state index in [2.05, 4.69) is 19.2 Å². The molecule has 0 aromatic heterocycles. The summed E-state index contributed by atoms with van der Waals surface area (Å²) in [4.78, 5) is 30.2. The molecule has 0 aliphatic carbocycles. The summed E-state index contributed by atoms with van der Waals surface area (Å²) >= 11 is 0. The summed E-state index contributed by atoms with van der Waals surface area (Å²) in [5.74, 6) is -0.842. The van der Waals surface area contributed by atoms with Crippen molar-refractivity contribution in [1.29, 1.82) is 0 Å². The Morgan fingerprint density at radius 3 is 2.59 bits per heavy atom. The van der Waals surface area contributed by atoms with Gasteiger partial charge in [0.05, 0.1) is 18.2 Å². The van der Waals surface area contributed by atoms with Crippen molar-refractivity contribution < 1.29 is 33.7 Å². The number of nitrogens with zero attached hydrogens (tertiary/aromatic N) is 2. The molecule has 0 saturated carbocycles. The smallest absolute Gasteiger partial charge is 0.256 e. The molecule has 1 aromatic rings. The lowest BCUT2D eigenvalue weighted by molar-refractivity contribution is -0.135. The number of halogens is 1. The third-order valence-corrected chi connectivity index (χ3v) is 7.41. The Balaban J connectivity index is 1.87. The summed E-state index contributed by atoms with van der Waals surface area (Å²) in [6, 6.07) is 5.51. The topological polar surface area (TPSA) is 112 Å². The van der Waals surface area contributed by atoms with E-state index in [1.165, 1.54) is 23.1 Å². The molecule has 2 amide bonds. The number of hydrogen-bond acceptors (Lipinski definition) is 7. The first-order valence-electron chi connectivity index (χ1n) is 14.4. The molecule has 3 N–H and O–H groups in total. The summed E-state index contributed by atoms with van der Waals surface area (Å²) in [5, 5.41) is 25.0. The van der Waals surface area contributed by atoms with Crippen LogP contribution in [0.2, 0.25) is 0 Å². The van der Waals surface area contributed by atoms with Gasteiger partial charge in [-0.3, -0.25) is 9.59 Å². The van der Waals surface area contributed by atoms with Crippen LogP contribution in [-0.2, 0) is 14.3 Å². The van der Waals surface area contributed by atoms with Gasteiger partial charge in [0.15, 0.2) is 0 Å². The van der Waals surface area contributed by atoms with E-state index < -0.39 is 30.0 Å². The molecule has 2 saturated heterocycles. The fourth-order valence-electron chi connectivity index (χ4n) is 4.93. The van der Waals surface area contributed by atoms with Gasteiger partial charge in [0.25, 0.3) is 5.91 Å². The van der Waals surface area contributed by atoms with Gasteiger partial charge >= 0.3 is 0 Å². The Hall–Kier alpha value is -2.11. The molecule has 10 heteroatoms. The quantitative estimate of drug-likeness (QED) is 0.497. The zero-order valence-corrected chi connectivity index (χ0v) is 23.4. The number of rotatable bonds is 6. The zero-order valence-electron chi connectivity index (χ0n) is 23.4.